The van der Waals surface area contributed by atoms with Crippen molar-refractivity contribution in [2.24, 2.45) is 0 Å². The summed E-state index contributed by atoms with van der Waals surface area (Å²) in [5.41, 5.74) is 11.9. The molecule has 4 heteroatoms. The quantitative estimate of drug-likeness (QED) is 0.541. The Morgan fingerprint density at radius 1 is 1.33 bits per heavy atom. The monoisotopic (exact) mass is 188 g/mol. The highest BCUT2D eigenvalue weighted by molar-refractivity contribution is 6.31. The van der Waals surface area contributed by atoms with Gasteiger partial charge in [-0.05, 0) is 25.1 Å². The van der Waals surface area contributed by atoms with Crippen molar-refractivity contribution in [2.75, 3.05) is 18.1 Å². The zero-order valence-corrected chi connectivity index (χ0v) is 7.67. The third-order valence-corrected chi connectivity index (χ3v) is 1.28. The van der Waals surface area contributed by atoms with Crippen LogP contribution in [-0.4, -0.2) is 11.7 Å². The van der Waals surface area contributed by atoms with Gasteiger partial charge >= 0.3 is 0 Å². The number of hydrogen-bond donors (Lipinski definition) is 3. The number of halogens is 1. The molecule has 1 aromatic carbocycles. The molecule has 0 atom stereocenters. The zero-order chi connectivity index (χ0) is 9.56. The van der Waals surface area contributed by atoms with Crippen molar-refractivity contribution < 1.29 is 5.11 Å². The molecule has 0 fully saturated rings. The normalized spacial score (nSPS) is 8.58. The summed E-state index contributed by atoms with van der Waals surface area (Å²) in [6, 6.07) is 5.00. The third kappa shape index (κ3) is 4.05. The van der Waals surface area contributed by atoms with E-state index in [1.165, 1.54) is 0 Å². The minimum atomic E-state index is 0.250. The van der Waals surface area contributed by atoms with E-state index in [2.05, 4.69) is 0 Å². The fraction of sp³-hybridized carbons (Fsp3) is 0.250. The molecule has 0 saturated heterocycles. The van der Waals surface area contributed by atoms with Gasteiger partial charge in [-0.15, -0.1) is 0 Å². The average molecular weight is 189 g/mol. The number of aliphatic hydroxyl groups is 1. The Morgan fingerprint density at radius 3 is 2.17 bits per heavy atom. The lowest BCUT2D eigenvalue weighted by Gasteiger charge is -1.97. The van der Waals surface area contributed by atoms with Crippen molar-refractivity contribution in [1.82, 2.24) is 0 Å². The Bertz CT molecular complexity index is 240. The molecule has 3 nitrogen and oxygen atoms in total. The van der Waals surface area contributed by atoms with Gasteiger partial charge in [0.1, 0.15) is 0 Å². The van der Waals surface area contributed by atoms with Gasteiger partial charge < -0.3 is 16.6 Å². The smallest absolute Gasteiger partial charge is 0.0562 e. The Kier molecular flexibility index (Phi) is 5.25. The van der Waals surface area contributed by atoms with Crippen LogP contribution >= 0.6 is 11.6 Å². The van der Waals surface area contributed by atoms with Gasteiger partial charge in [0.25, 0.3) is 0 Å². The van der Waals surface area contributed by atoms with Crippen molar-refractivity contribution in [1.29, 1.82) is 0 Å². The van der Waals surface area contributed by atoms with Gasteiger partial charge in [0.15, 0.2) is 0 Å². The first-order valence-electron chi connectivity index (χ1n) is 3.53. The molecule has 1 rings (SSSR count). The Balaban J connectivity index is 0.000000354. The molecule has 0 bridgehead atoms. The number of nitrogens with two attached hydrogens (primary N) is 2. The lowest BCUT2D eigenvalue weighted by molar-refractivity contribution is 0.318. The molecule has 0 radical (unpaired) electrons. The van der Waals surface area contributed by atoms with Crippen molar-refractivity contribution >= 4 is 23.0 Å². The summed E-state index contributed by atoms with van der Waals surface area (Å²) in [5, 5.41) is 8.18. The fourth-order valence-electron chi connectivity index (χ4n) is 0.546. The number of anilines is 2. The predicted octanol–water partition coefficient (Wildman–Crippen LogP) is 1.50. The molecule has 12 heavy (non-hydrogen) atoms. The second-order valence-corrected chi connectivity index (χ2v) is 2.53. The topological polar surface area (TPSA) is 72.3 Å². The van der Waals surface area contributed by atoms with Crippen LogP contribution in [0, 0.1) is 0 Å². The van der Waals surface area contributed by atoms with Gasteiger partial charge in [-0.3, -0.25) is 0 Å². The minimum Gasteiger partial charge on any atom is -0.397 e. The first-order valence-corrected chi connectivity index (χ1v) is 3.91. The van der Waals surface area contributed by atoms with Gasteiger partial charge in [-0.25, -0.2) is 0 Å². The maximum Gasteiger partial charge on any atom is 0.0562 e. The highest BCUT2D eigenvalue weighted by Gasteiger charge is 1.91. The molecule has 0 amide bonds. The highest BCUT2D eigenvalue weighted by Crippen LogP contribution is 2.18. The Labute approximate surface area is 76.9 Å². The Hall–Kier alpha value is -0.930. The molecule has 0 heterocycles. The maximum atomic E-state index is 7.57. The van der Waals surface area contributed by atoms with Crippen molar-refractivity contribution in [3.63, 3.8) is 0 Å². The maximum absolute atomic E-state index is 7.57. The Morgan fingerprint density at radius 2 is 1.83 bits per heavy atom. The van der Waals surface area contributed by atoms with Crippen LogP contribution in [-0.2, 0) is 0 Å². The molecular formula is C8H13ClN2O. The van der Waals surface area contributed by atoms with Crippen LogP contribution in [0.2, 0.25) is 5.02 Å². The molecule has 0 spiro atoms. The van der Waals surface area contributed by atoms with E-state index >= 15 is 0 Å². The molecule has 0 aromatic heterocycles. The van der Waals surface area contributed by atoms with Crippen LogP contribution in [0.15, 0.2) is 18.2 Å². The third-order valence-electron chi connectivity index (χ3n) is 1.05. The van der Waals surface area contributed by atoms with Gasteiger partial charge in [-0.1, -0.05) is 11.6 Å². The van der Waals surface area contributed by atoms with E-state index in [-0.39, 0.29) is 6.61 Å². The van der Waals surface area contributed by atoms with Crippen molar-refractivity contribution in [2.45, 2.75) is 6.92 Å². The van der Waals surface area contributed by atoms with Gasteiger partial charge in [-0.2, -0.15) is 0 Å². The summed E-state index contributed by atoms with van der Waals surface area (Å²) in [4.78, 5) is 0. The molecular weight excluding hydrogens is 176 g/mol. The summed E-state index contributed by atoms with van der Waals surface area (Å²) in [6.45, 7) is 1.93. The first-order chi connectivity index (χ1) is 5.61. The van der Waals surface area contributed by atoms with E-state index in [0.29, 0.717) is 16.4 Å². The first kappa shape index (κ1) is 11.1. The summed E-state index contributed by atoms with van der Waals surface area (Å²) in [6.07, 6.45) is 0. The summed E-state index contributed by atoms with van der Waals surface area (Å²) < 4.78 is 0. The molecule has 68 valence electrons. The second-order valence-electron chi connectivity index (χ2n) is 2.09. The standard InChI is InChI=1S/C6H7ClN2.C2H6O/c7-4-1-2-5(8)6(9)3-4;1-2-3/h1-3H,8-9H2;3H,2H2,1H3. The average Bonchev–Trinajstić information content (AvgIpc) is 1.99. The fourth-order valence-corrected chi connectivity index (χ4v) is 0.726. The lowest BCUT2D eigenvalue weighted by atomic mass is 10.3. The van der Waals surface area contributed by atoms with Crippen LogP contribution in [0.1, 0.15) is 6.92 Å². The van der Waals surface area contributed by atoms with Crippen LogP contribution in [0.5, 0.6) is 0 Å². The van der Waals surface area contributed by atoms with E-state index < -0.39 is 0 Å². The molecule has 5 N–H and O–H groups in total. The van der Waals surface area contributed by atoms with E-state index in [0.717, 1.165) is 0 Å². The molecule has 0 saturated carbocycles. The number of hydrogen-bond acceptors (Lipinski definition) is 3. The van der Waals surface area contributed by atoms with Gasteiger partial charge in [0, 0.05) is 11.6 Å². The summed E-state index contributed by atoms with van der Waals surface area (Å²) in [7, 11) is 0. The SMILES string of the molecule is CCO.Nc1ccc(Cl)cc1N. The van der Waals surface area contributed by atoms with E-state index in [1.54, 1.807) is 25.1 Å². The number of benzene rings is 1. The molecule has 0 aliphatic carbocycles. The number of rotatable bonds is 0. The van der Waals surface area contributed by atoms with Crippen LogP contribution in [0.3, 0.4) is 0 Å². The number of aliphatic hydroxyl groups excluding tert-OH is 1. The van der Waals surface area contributed by atoms with E-state index in [1.807, 2.05) is 0 Å². The second kappa shape index (κ2) is 5.69. The van der Waals surface area contributed by atoms with E-state index in [4.69, 9.17) is 28.2 Å². The molecule has 0 aliphatic rings. The zero-order valence-electron chi connectivity index (χ0n) is 6.92. The van der Waals surface area contributed by atoms with Gasteiger partial charge in [0.2, 0.25) is 0 Å². The van der Waals surface area contributed by atoms with Crippen LogP contribution in [0.4, 0.5) is 11.4 Å². The van der Waals surface area contributed by atoms with Gasteiger partial charge in [0.05, 0.1) is 11.4 Å². The molecule has 0 aliphatic heterocycles. The van der Waals surface area contributed by atoms with E-state index in [9.17, 15) is 0 Å². The van der Waals surface area contributed by atoms with Crippen LogP contribution < -0.4 is 11.5 Å². The number of nitrogen functional groups attached to an aromatic ring is 2. The molecule has 1 aromatic rings. The van der Waals surface area contributed by atoms with Crippen molar-refractivity contribution in [3.8, 4) is 0 Å². The summed E-state index contributed by atoms with van der Waals surface area (Å²) >= 11 is 5.58. The lowest BCUT2D eigenvalue weighted by Crippen LogP contribution is -1.92. The largest absolute Gasteiger partial charge is 0.397 e. The van der Waals surface area contributed by atoms with Crippen LogP contribution in [0.25, 0.3) is 0 Å². The highest BCUT2D eigenvalue weighted by atomic mass is 35.5. The minimum absolute atomic E-state index is 0.250. The van der Waals surface area contributed by atoms with Crippen molar-refractivity contribution in [3.05, 3.63) is 23.2 Å². The predicted molar refractivity (Wildman–Crippen MR) is 53.0 cm³/mol. The molecule has 0 unspecified atom stereocenters. The summed E-state index contributed by atoms with van der Waals surface area (Å²) in [5.74, 6) is 0.